The maximum atomic E-state index is 12.3. The molecule has 0 bridgehead atoms. The number of hydrazine groups is 1. The number of halogens is 3. The van der Waals surface area contributed by atoms with E-state index < -0.39 is 23.9 Å². The van der Waals surface area contributed by atoms with Crippen molar-refractivity contribution in [1.29, 1.82) is 0 Å². The molecular formula is C11H9F3N4O3. The minimum Gasteiger partial charge on any atom is -0.465 e. The standard InChI is InChI=1S/C11H9F3N4O3/c1-21-9(19)6-2-3-7-16-8(5-17(7)4-6)18(15)10(20)11(12,13)14/h2-5H,15H2,1H3. The molecule has 0 aliphatic heterocycles. The Morgan fingerprint density at radius 1 is 1.33 bits per heavy atom. The van der Waals surface area contributed by atoms with Gasteiger partial charge in [0.05, 0.1) is 18.9 Å². The third kappa shape index (κ3) is 2.79. The lowest BCUT2D eigenvalue weighted by molar-refractivity contribution is -0.170. The number of alkyl halides is 3. The minimum absolute atomic E-state index is 0.106. The largest absolute Gasteiger partial charge is 0.473 e. The molecule has 0 aromatic carbocycles. The summed E-state index contributed by atoms with van der Waals surface area (Å²) < 4.78 is 42.6. The number of nitrogens with zero attached hydrogens (tertiary/aromatic N) is 3. The Morgan fingerprint density at radius 3 is 2.57 bits per heavy atom. The highest BCUT2D eigenvalue weighted by atomic mass is 19.4. The number of carbonyl (C=O) groups excluding carboxylic acids is 2. The molecule has 0 fully saturated rings. The van der Waals surface area contributed by atoms with Crippen LogP contribution in [0.2, 0.25) is 0 Å². The summed E-state index contributed by atoms with van der Waals surface area (Å²) in [6.45, 7) is 0. The topological polar surface area (TPSA) is 89.9 Å². The van der Waals surface area contributed by atoms with Gasteiger partial charge < -0.3 is 9.14 Å². The molecule has 112 valence electrons. The molecule has 2 N–H and O–H groups in total. The fraction of sp³-hybridized carbons (Fsp3) is 0.182. The Labute approximate surface area is 115 Å². The number of hydrogen-bond acceptors (Lipinski definition) is 5. The van der Waals surface area contributed by atoms with Crippen LogP contribution in [0.5, 0.6) is 0 Å². The number of ether oxygens (including phenoxy) is 1. The summed E-state index contributed by atoms with van der Waals surface area (Å²) in [5, 5.41) is -0.106. The van der Waals surface area contributed by atoms with Crippen molar-refractivity contribution >= 4 is 23.3 Å². The highest BCUT2D eigenvalue weighted by molar-refractivity contribution is 5.95. The molecule has 7 nitrogen and oxygen atoms in total. The van der Waals surface area contributed by atoms with Crippen LogP contribution in [0.3, 0.4) is 0 Å². The van der Waals surface area contributed by atoms with Gasteiger partial charge in [-0.05, 0) is 12.1 Å². The zero-order chi connectivity index (χ0) is 15.8. The highest BCUT2D eigenvalue weighted by Crippen LogP contribution is 2.21. The van der Waals surface area contributed by atoms with E-state index in [-0.39, 0.29) is 16.2 Å². The summed E-state index contributed by atoms with van der Waals surface area (Å²) in [5.41, 5.74) is 0.378. The first-order chi connectivity index (χ1) is 9.74. The van der Waals surface area contributed by atoms with Gasteiger partial charge in [-0.3, -0.25) is 4.79 Å². The lowest BCUT2D eigenvalue weighted by Gasteiger charge is -2.14. The zero-order valence-electron chi connectivity index (χ0n) is 10.6. The number of carbonyl (C=O) groups is 2. The third-order valence-electron chi connectivity index (χ3n) is 2.57. The van der Waals surface area contributed by atoms with Crippen LogP contribution in [0, 0.1) is 0 Å². The molecule has 0 spiro atoms. The Balaban J connectivity index is 2.39. The summed E-state index contributed by atoms with van der Waals surface area (Å²) >= 11 is 0. The van der Waals surface area contributed by atoms with Crippen molar-refractivity contribution < 1.29 is 27.5 Å². The summed E-state index contributed by atoms with van der Waals surface area (Å²) in [7, 11) is 1.19. The normalized spacial score (nSPS) is 11.5. The first-order valence-electron chi connectivity index (χ1n) is 5.47. The number of imidazole rings is 1. The monoisotopic (exact) mass is 302 g/mol. The SMILES string of the molecule is COC(=O)c1ccc2nc(N(N)C(=O)C(F)(F)F)cn2c1. The smallest absolute Gasteiger partial charge is 0.465 e. The van der Waals surface area contributed by atoms with Crippen LogP contribution >= 0.6 is 0 Å². The average molecular weight is 302 g/mol. The van der Waals surface area contributed by atoms with Crippen molar-refractivity contribution in [2.24, 2.45) is 5.84 Å². The Bertz CT molecular complexity index is 710. The van der Waals surface area contributed by atoms with E-state index in [1.165, 1.54) is 29.8 Å². The van der Waals surface area contributed by atoms with Crippen LogP contribution < -0.4 is 10.9 Å². The van der Waals surface area contributed by atoms with Crippen LogP contribution in [0.1, 0.15) is 10.4 Å². The van der Waals surface area contributed by atoms with Crippen LogP contribution in [0.15, 0.2) is 24.5 Å². The van der Waals surface area contributed by atoms with E-state index >= 15 is 0 Å². The van der Waals surface area contributed by atoms with Gasteiger partial charge in [0, 0.05) is 6.20 Å². The molecule has 2 heterocycles. The third-order valence-corrected chi connectivity index (χ3v) is 2.57. The lowest BCUT2D eigenvalue weighted by atomic mass is 10.3. The van der Waals surface area contributed by atoms with Crippen molar-refractivity contribution in [2.45, 2.75) is 6.18 Å². The van der Waals surface area contributed by atoms with E-state index in [0.29, 0.717) is 0 Å². The Morgan fingerprint density at radius 2 is 2.00 bits per heavy atom. The average Bonchev–Trinajstić information content (AvgIpc) is 2.86. The second-order valence-electron chi connectivity index (χ2n) is 3.95. The molecule has 2 rings (SSSR count). The van der Waals surface area contributed by atoms with Crippen molar-refractivity contribution in [3.63, 3.8) is 0 Å². The molecule has 10 heteroatoms. The molecule has 0 unspecified atom stereocenters. The number of esters is 1. The molecule has 2 aromatic heterocycles. The van der Waals surface area contributed by atoms with Crippen molar-refractivity contribution in [3.05, 3.63) is 30.1 Å². The van der Waals surface area contributed by atoms with Gasteiger partial charge in [-0.2, -0.15) is 13.2 Å². The molecule has 0 radical (unpaired) electrons. The minimum atomic E-state index is -5.11. The predicted molar refractivity (Wildman–Crippen MR) is 64.3 cm³/mol. The second kappa shape index (κ2) is 5.05. The second-order valence-corrected chi connectivity index (χ2v) is 3.95. The molecule has 21 heavy (non-hydrogen) atoms. The Hall–Kier alpha value is -2.62. The number of nitrogens with two attached hydrogens (primary N) is 1. The van der Waals surface area contributed by atoms with Crippen LogP contribution in [-0.2, 0) is 9.53 Å². The van der Waals surface area contributed by atoms with Gasteiger partial charge in [0.25, 0.3) is 0 Å². The van der Waals surface area contributed by atoms with Crippen LogP contribution in [-0.4, -0.2) is 34.5 Å². The predicted octanol–water partition coefficient (Wildman–Crippen LogP) is 0.890. The number of amides is 1. The number of hydrogen-bond donors (Lipinski definition) is 1. The number of rotatable bonds is 2. The fourth-order valence-electron chi connectivity index (χ4n) is 1.57. The van der Waals surface area contributed by atoms with Crippen LogP contribution in [0.4, 0.5) is 19.0 Å². The Kier molecular flexibility index (Phi) is 3.56. The number of anilines is 1. The molecule has 0 aliphatic carbocycles. The molecule has 1 amide bonds. The molecular weight excluding hydrogens is 293 g/mol. The molecule has 0 aliphatic rings. The number of fused-ring (bicyclic) bond motifs is 1. The maximum Gasteiger partial charge on any atom is 0.473 e. The first-order valence-corrected chi connectivity index (χ1v) is 5.47. The summed E-state index contributed by atoms with van der Waals surface area (Å²) in [5.74, 6) is 1.83. The summed E-state index contributed by atoms with van der Waals surface area (Å²) in [6, 6.07) is 2.76. The van der Waals surface area contributed by atoms with Gasteiger partial charge in [0.2, 0.25) is 0 Å². The molecule has 0 saturated heterocycles. The van der Waals surface area contributed by atoms with Gasteiger partial charge in [-0.1, -0.05) is 0 Å². The van der Waals surface area contributed by atoms with E-state index in [1.807, 2.05) is 0 Å². The fourth-order valence-corrected chi connectivity index (χ4v) is 1.57. The molecule has 0 saturated carbocycles. The maximum absolute atomic E-state index is 12.3. The molecule has 0 atom stereocenters. The van der Waals surface area contributed by atoms with Gasteiger partial charge in [0.1, 0.15) is 5.65 Å². The lowest BCUT2D eigenvalue weighted by Crippen LogP contribution is -2.46. The molecule has 2 aromatic rings. The number of aromatic nitrogens is 2. The van der Waals surface area contributed by atoms with Crippen molar-refractivity contribution in [1.82, 2.24) is 9.38 Å². The first kappa shape index (κ1) is 14.8. The van der Waals surface area contributed by atoms with E-state index in [9.17, 15) is 22.8 Å². The van der Waals surface area contributed by atoms with E-state index in [4.69, 9.17) is 5.84 Å². The summed E-state index contributed by atoms with van der Waals surface area (Å²) in [6.07, 6.45) is -2.73. The van der Waals surface area contributed by atoms with Gasteiger partial charge >= 0.3 is 18.1 Å². The van der Waals surface area contributed by atoms with Gasteiger partial charge in [-0.25, -0.2) is 20.6 Å². The highest BCUT2D eigenvalue weighted by Gasteiger charge is 2.43. The van der Waals surface area contributed by atoms with E-state index in [1.54, 1.807) is 0 Å². The van der Waals surface area contributed by atoms with Crippen molar-refractivity contribution in [3.8, 4) is 0 Å². The van der Waals surface area contributed by atoms with Gasteiger partial charge in [-0.15, -0.1) is 0 Å². The van der Waals surface area contributed by atoms with Crippen molar-refractivity contribution in [2.75, 3.05) is 12.1 Å². The van der Waals surface area contributed by atoms with E-state index in [0.717, 1.165) is 6.20 Å². The number of methoxy groups -OCH3 is 1. The number of pyridine rings is 1. The van der Waals surface area contributed by atoms with Crippen LogP contribution in [0.25, 0.3) is 5.65 Å². The van der Waals surface area contributed by atoms with Gasteiger partial charge in [0.15, 0.2) is 5.82 Å². The zero-order valence-corrected chi connectivity index (χ0v) is 10.6. The quantitative estimate of drug-likeness (QED) is 0.385. The van der Waals surface area contributed by atoms with E-state index in [2.05, 4.69) is 9.72 Å². The summed E-state index contributed by atoms with van der Waals surface area (Å²) in [4.78, 5) is 26.1.